The summed E-state index contributed by atoms with van der Waals surface area (Å²) >= 11 is 0. The first kappa shape index (κ1) is 16.6. The number of ether oxygens (including phenoxy) is 1. The molecule has 0 radical (unpaired) electrons. The van der Waals surface area contributed by atoms with Crippen molar-refractivity contribution in [1.29, 1.82) is 0 Å². The summed E-state index contributed by atoms with van der Waals surface area (Å²) in [6, 6.07) is 0. The second-order valence-electron chi connectivity index (χ2n) is 5.72. The largest absolute Gasteiger partial charge is 0.373 e. The van der Waals surface area contributed by atoms with Gasteiger partial charge in [-0.3, -0.25) is 9.69 Å². The van der Waals surface area contributed by atoms with Crippen molar-refractivity contribution in [2.75, 3.05) is 45.8 Å². The van der Waals surface area contributed by atoms with E-state index in [1.807, 2.05) is 18.7 Å². The van der Waals surface area contributed by atoms with Crippen LogP contribution in [0.5, 0.6) is 0 Å². The predicted octanol–water partition coefficient (Wildman–Crippen LogP) is -1.56. The van der Waals surface area contributed by atoms with E-state index in [9.17, 15) is 13.2 Å². The number of nitrogens with two attached hydrogens (primary N) is 1. The minimum Gasteiger partial charge on any atom is -0.373 e. The molecule has 21 heavy (non-hydrogen) atoms. The van der Waals surface area contributed by atoms with Gasteiger partial charge in [0.25, 0.3) is 10.2 Å². The van der Waals surface area contributed by atoms with Gasteiger partial charge < -0.3 is 10.5 Å². The zero-order valence-electron chi connectivity index (χ0n) is 12.6. The maximum Gasteiger partial charge on any atom is 0.282 e. The molecule has 0 aliphatic carbocycles. The van der Waals surface area contributed by atoms with Gasteiger partial charge in [0.15, 0.2) is 0 Å². The summed E-state index contributed by atoms with van der Waals surface area (Å²) in [5.74, 6) is -0.387. The fourth-order valence-corrected chi connectivity index (χ4v) is 4.57. The van der Waals surface area contributed by atoms with Crippen LogP contribution < -0.4 is 5.73 Å². The minimum absolute atomic E-state index is 0.0975. The zero-order chi connectivity index (χ0) is 15.6. The number of morpholine rings is 1. The molecule has 8 nitrogen and oxygen atoms in total. The van der Waals surface area contributed by atoms with Crippen LogP contribution in [0, 0.1) is 0 Å². The average molecular weight is 320 g/mol. The Morgan fingerprint density at radius 2 is 1.62 bits per heavy atom. The number of nitrogens with zero attached hydrogens (tertiary/aromatic N) is 3. The van der Waals surface area contributed by atoms with E-state index < -0.39 is 10.2 Å². The monoisotopic (exact) mass is 320 g/mol. The number of hydrogen-bond acceptors (Lipinski definition) is 5. The number of carbonyl (C=O) groups is 1. The molecule has 2 saturated heterocycles. The number of carbonyl (C=O) groups excluding carboxylic acids is 1. The van der Waals surface area contributed by atoms with Crippen molar-refractivity contribution >= 4 is 16.1 Å². The number of amides is 1. The molecule has 2 N–H and O–H groups in total. The summed E-state index contributed by atoms with van der Waals surface area (Å²) in [5.41, 5.74) is 5.16. The molecule has 2 heterocycles. The van der Waals surface area contributed by atoms with Gasteiger partial charge in [0.05, 0.1) is 18.8 Å². The lowest BCUT2D eigenvalue weighted by Crippen LogP contribution is -2.57. The van der Waals surface area contributed by atoms with E-state index in [0.29, 0.717) is 39.3 Å². The molecule has 0 aromatic heterocycles. The van der Waals surface area contributed by atoms with Gasteiger partial charge in [0.2, 0.25) is 5.91 Å². The molecule has 0 bridgehead atoms. The molecule has 2 fully saturated rings. The van der Waals surface area contributed by atoms with Gasteiger partial charge >= 0.3 is 0 Å². The second-order valence-corrected chi connectivity index (χ2v) is 7.65. The van der Waals surface area contributed by atoms with E-state index in [4.69, 9.17) is 10.5 Å². The third-order valence-electron chi connectivity index (χ3n) is 3.75. The third-order valence-corrected chi connectivity index (χ3v) is 5.72. The van der Waals surface area contributed by atoms with E-state index in [2.05, 4.69) is 0 Å². The summed E-state index contributed by atoms with van der Waals surface area (Å²) in [6.45, 7) is 6.52. The van der Waals surface area contributed by atoms with Crippen LogP contribution in [0.15, 0.2) is 0 Å². The molecule has 122 valence electrons. The van der Waals surface area contributed by atoms with Gasteiger partial charge in [0, 0.05) is 39.3 Å². The zero-order valence-corrected chi connectivity index (χ0v) is 13.4. The first-order valence-corrected chi connectivity index (χ1v) is 8.60. The maximum absolute atomic E-state index is 12.6. The normalized spacial score (nSPS) is 30.4. The van der Waals surface area contributed by atoms with Crippen LogP contribution in [-0.2, 0) is 19.7 Å². The van der Waals surface area contributed by atoms with Crippen molar-refractivity contribution < 1.29 is 17.9 Å². The second kappa shape index (κ2) is 6.57. The molecule has 0 spiro atoms. The molecule has 0 unspecified atom stereocenters. The molecular weight excluding hydrogens is 296 g/mol. The highest BCUT2D eigenvalue weighted by Crippen LogP contribution is 2.18. The number of rotatable bonds is 4. The molecule has 0 aromatic carbocycles. The molecule has 1 amide bonds. The Morgan fingerprint density at radius 3 is 2.10 bits per heavy atom. The van der Waals surface area contributed by atoms with E-state index in [1.165, 1.54) is 8.61 Å². The van der Waals surface area contributed by atoms with Crippen LogP contribution >= 0.6 is 0 Å². The highest BCUT2D eigenvalue weighted by molar-refractivity contribution is 7.86. The Morgan fingerprint density at radius 1 is 1.10 bits per heavy atom. The van der Waals surface area contributed by atoms with Crippen LogP contribution in [0.4, 0.5) is 0 Å². The highest BCUT2D eigenvalue weighted by Gasteiger charge is 2.36. The average Bonchev–Trinajstić information content (AvgIpc) is 2.37. The van der Waals surface area contributed by atoms with Gasteiger partial charge in [-0.2, -0.15) is 17.0 Å². The number of hydrogen-bond donors (Lipinski definition) is 1. The summed E-state index contributed by atoms with van der Waals surface area (Å²) in [7, 11) is -3.46. The Kier molecular flexibility index (Phi) is 5.20. The van der Waals surface area contributed by atoms with Gasteiger partial charge in [-0.15, -0.1) is 0 Å². The van der Waals surface area contributed by atoms with Crippen molar-refractivity contribution in [2.24, 2.45) is 5.73 Å². The van der Waals surface area contributed by atoms with E-state index >= 15 is 0 Å². The Bertz CT molecular complexity index is 466. The van der Waals surface area contributed by atoms with Crippen LogP contribution in [-0.4, -0.2) is 85.9 Å². The number of primary amides is 1. The van der Waals surface area contributed by atoms with Crippen molar-refractivity contribution in [3.05, 3.63) is 0 Å². The van der Waals surface area contributed by atoms with Crippen LogP contribution in [0.3, 0.4) is 0 Å². The van der Waals surface area contributed by atoms with Crippen LogP contribution in [0.25, 0.3) is 0 Å². The van der Waals surface area contributed by atoms with Crippen LogP contribution in [0.1, 0.15) is 13.8 Å². The molecule has 0 aromatic rings. The van der Waals surface area contributed by atoms with Gasteiger partial charge in [0.1, 0.15) is 0 Å². The summed E-state index contributed by atoms with van der Waals surface area (Å²) in [5, 5.41) is 0. The van der Waals surface area contributed by atoms with E-state index in [0.717, 1.165) is 0 Å². The van der Waals surface area contributed by atoms with E-state index in [-0.39, 0.29) is 24.7 Å². The molecular formula is C12H24N4O4S. The molecule has 2 rings (SSSR count). The minimum atomic E-state index is -3.46. The standard InChI is InChI=1S/C12H24N4O4S/c1-10-7-16(8-11(2)20-10)21(18,19)15-5-3-14(4-6-15)9-12(13)17/h10-11H,3-9H2,1-2H3,(H2,13,17)/t10-,11-/m1/s1. The smallest absolute Gasteiger partial charge is 0.282 e. The summed E-state index contributed by atoms with van der Waals surface area (Å²) in [6.07, 6.45) is -0.195. The first-order chi connectivity index (χ1) is 9.79. The Labute approximate surface area is 126 Å². The molecule has 2 aliphatic heterocycles. The molecule has 0 saturated carbocycles. The number of piperazine rings is 1. The summed E-state index contributed by atoms with van der Waals surface area (Å²) < 4.78 is 33.8. The van der Waals surface area contributed by atoms with Crippen molar-refractivity contribution in [2.45, 2.75) is 26.1 Å². The van der Waals surface area contributed by atoms with Gasteiger partial charge in [-0.1, -0.05) is 0 Å². The molecule has 9 heteroatoms. The van der Waals surface area contributed by atoms with Crippen molar-refractivity contribution in [3.63, 3.8) is 0 Å². The predicted molar refractivity (Wildman–Crippen MR) is 77.7 cm³/mol. The summed E-state index contributed by atoms with van der Waals surface area (Å²) in [4.78, 5) is 12.8. The lowest BCUT2D eigenvalue weighted by Gasteiger charge is -2.40. The first-order valence-electron chi connectivity index (χ1n) is 7.20. The van der Waals surface area contributed by atoms with Crippen molar-refractivity contribution in [1.82, 2.24) is 13.5 Å². The molecule has 2 atom stereocenters. The quantitative estimate of drug-likeness (QED) is 0.676. The Hall–Kier alpha value is -0.740. The lowest BCUT2D eigenvalue weighted by atomic mass is 10.3. The SMILES string of the molecule is C[C@@H]1CN(S(=O)(=O)N2CCN(CC(N)=O)CC2)C[C@@H](C)O1. The lowest BCUT2D eigenvalue weighted by molar-refractivity contribution is -0.119. The van der Waals surface area contributed by atoms with E-state index in [1.54, 1.807) is 0 Å². The highest BCUT2D eigenvalue weighted by atomic mass is 32.2. The third kappa shape index (κ3) is 4.13. The van der Waals surface area contributed by atoms with Crippen LogP contribution in [0.2, 0.25) is 0 Å². The molecule has 2 aliphatic rings. The van der Waals surface area contributed by atoms with Crippen molar-refractivity contribution in [3.8, 4) is 0 Å². The Balaban J connectivity index is 1.96. The maximum atomic E-state index is 12.6. The van der Waals surface area contributed by atoms with Gasteiger partial charge in [-0.05, 0) is 13.8 Å². The van der Waals surface area contributed by atoms with Gasteiger partial charge in [-0.25, -0.2) is 0 Å². The fourth-order valence-electron chi connectivity index (χ4n) is 2.82. The topological polar surface area (TPSA) is 96.2 Å². The fraction of sp³-hybridized carbons (Fsp3) is 0.917.